The van der Waals surface area contributed by atoms with E-state index in [9.17, 15) is 26.4 Å². The van der Waals surface area contributed by atoms with Crippen LogP contribution in [-0.2, 0) is 22.7 Å². The second kappa shape index (κ2) is 9.62. The summed E-state index contributed by atoms with van der Waals surface area (Å²) >= 11 is 0. The summed E-state index contributed by atoms with van der Waals surface area (Å²) in [5.41, 5.74) is 1.93. The number of benzene rings is 2. The Hall–Kier alpha value is -3.58. The molecule has 13 heteroatoms. The molecule has 200 valence electrons. The van der Waals surface area contributed by atoms with Crippen molar-refractivity contribution in [3.05, 3.63) is 80.9 Å². The van der Waals surface area contributed by atoms with Crippen molar-refractivity contribution in [2.75, 3.05) is 13.1 Å². The normalized spacial score (nSPS) is 15.8. The largest absolute Gasteiger partial charge is 0.417 e. The molecule has 1 saturated heterocycles. The Morgan fingerprint density at radius 3 is 2.50 bits per heavy atom. The molecule has 0 saturated carbocycles. The zero-order valence-electron chi connectivity index (χ0n) is 20.7. The number of hydrogen-bond donors (Lipinski definition) is 1. The molecule has 4 aromatic rings. The van der Waals surface area contributed by atoms with Crippen LogP contribution in [0.25, 0.3) is 11.2 Å². The predicted octanol–water partition coefficient (Wildman–Crippen LogP) is 3.77. The average molecular weight is 547 g/mol. The summed E-state index contributed by atoms with van der Waals surface area (Å²) in [7, 11) is -4.37. The fourth-order valence-corrected chi connectivity index (χ4v) is 6.43. The Morgan fingerprint density at radius 2 is 1.79 bits per heavy atom. The molecule has 1 fully saturated rings. The third-order valence-electron chi connectivity index (χ3n) is 6.87. The fourth-order valence-electron chi connectivity index (χ4n) is 4.75. The molecular formula is C25H25F3N6O3S. The van der Waals surface area contributed by atoms with Gasteiger partial charge in [-0.15, -0.1) is 5.10 Å². The molecule has 0 amide bonds. The van der Waals surface area contributed by atoms with Crippen molar-refractivity contribution in [2.45, 2.75) is 50.2 Å². The van der Waals surface area contributed by atoms with Gasteiger partial charge < -0.3 is 4.98 Å². The first-order valence-electron chi connectivity index (χ1n) is 12.0. The lowest BCUT2D eigenvalue weighted by Gasteiger charge is -2.31. The van der Waals surface area contributed by atoms with E-state index in [1.165, 1.54) is 6.07 Å². The van der Waals surface area contributed by atoms with Crippen LogP contribution >= 0.6 is 0 Å². The molecule has 9 nitrogen and oxygen atoms in total. The van der Waals surface area contributed by atoms with Gasteiger partial charge in [0.1, 0.15) is 5.82 Å². The zero-order chi connectivity index (χ0) is 27.2. The van der Waals surface area contributed by atoms with E-state index in [1.54, 1.807) is 4.68 Å². The maximum absolute atomic E-state index is 13.4. The lowest BCUT2D eigenvalue weighted by Crippen LogP contribution is -2.39. The molecule has 0 unspecified atom stereocenters. The van der Waals surface area contributed by atoms with Crippen molar-refractivity contribution in [1.82, 2.24) is 29.3 Å². The molecule has 5 rings (SSSR count). The van der Waals surface area contributed by atoms with E-state index in [-0.39, 0.29) is 37.4 Å². The standard InChI is InChI=1S/C25H25F3N6O3S/c1-15-7-8-16(2)18(13-15)14-34-23-21(31-32-34)24(35)30-22(29-23)17-9-11-33(12-10-17)38(36,37)20-6-4-3-5-19(20)25(26,27)28/h3-8,13,17H,9-12,14H2,1-2H3,(H,29,30,35). The number of piperidine rings is 1. The second-order valence-corrected chi connectivity index (χ2v) is 11.4. The van der Waals surface area contributed by atoms with Crippen LogP contribution in [0.1, 0.15) is 46.8 Å². The van der Waals surface area contributed by atoms with Crippen LogP contribution in [0.4, 0.5) is 13.2 Å². The molecule has 38 heavy (non-hydrogen) atoms. The van der Waals surface area contributed by atoms with E-state index in [0.29, 0.717) is 18.0 Å². The van der Waals surface area contributed by atoms with Gasteiger partial charge in [-0.05, 0) is 49.9 Å². The summed E-state index contributed by atoms with van der Waals surface area (Å²) < 4.78 is 69.1. The number of nitrogens with one attached hydrogen (secondary N) is 1. The minimum Gasteiger partial charge on any atom is -0.308 e. The summed E-state index contributed by atoms with van der Waals surface area (Å²) in [6.07, 6.45) is -4.24. The Bertz CT molecular complexity index is 1670. The Labute approximate surface area is 216 Å². The summed E-state index contributed by atoms with van der Waals surface area (Å²) in [6, 6.07) is 10.2. The average Bonchev–Trinajstić information content (AvgIpc) is 3.29. The molecule has 1 N–H and O–H groups in total. The van der Waals surface area contributed by atoms with Crippen molar-refractivity contribution in [3.8, 4) is 0 Å². The number of sulfonamides is 1. The van der Waals surface area contributed by atoms with Gasteiger partial charge in [0, 0.05) is 19.0 Å². The van der Waals surface area contributed by atoms with E-state index in [4.69, 9.17) is 0 Å². The first kappa shape index (κ1) is 26.0. The molecule has 2 aromatic carbocycles. The Morgan fingerprint density at radius 1 is 1.08 bits per heavy atom. The maximum Gasteiger partial charge on any atom is 0.417 e. The molecule has 1 aliphatic rings. The molecule has 0 radical (unpaired) electrons. The van der Waals surface area contributed by atoms with Crippen molar-refractivity contribution in [3.63, 3.8) is 0 Å². The minimum atomic E-state index is -4.80. The molecule has 2 aromatic heterocycles. The van der Waals surface area contributed by atoms with Gasteiger partial charge in [0.25, 0.3) is 5.56 Å². The highest BCUT2D eigenvalue weighted by Crippen LogP contribution is 2.36. The van der Waals surface area contributed by atoms with Gasteiger partial charge in [-0.1, -0.05) is 41.1 Å². The van der Waals surface area contributed by atoms with Crippen LogP contribution in [0.15, 0.2) is 52.2 Å². The smallest absolute Gasteiger partial charge is 0.308 e. The Balaban J connectivity index is 1.39. The number of nitrogens with zero attached hydrogens (tertiary/aromatic N) is 5. The minimum absolute atomic E-state index is 0.0130. The number of rotatable bonds is 5. The second-order valence-electron chi connectivity index (χ2n) is 9.47. The summed E-state index contributed by atoms with van der Waals surface area (Å²) in [4.78, 5) is 19.3. The number of halogens is 3. The van der Waals surface area contributed by atoms with Crippen molar-refractivity contribution in [1.29, 1.82) is 0 Å². The van der Waals surface area contributed by atoms with Crippen LogP contribution in [0.2, 0.25) is 0 Å². The fraction of sp³-hybridized carbons (Fsp3) is 0.360. The van der Waals surface area contributed by atoms with Crippen LogP contribution in [-0.4, -0.2) is 50.8 Å². The quantitative estimate of drug-likeness (QED) is 0.408. The van der Waals surface area contributed by atoms with Gasteiger partial charge in [-0.2, -0.15) is 17.5 Å². The molecule has 0 atom stereocenters. The zero-order valence-corrected chi connectivity index (χ0v) is 21.5. The van der Waals surface area contributed by atoms with Gasteiger partial charge in [-0.3, -0.25) is 4.79 Å². The molecular weight excluding hydrogens is 521 g/mol. The van der Waals surface area contributed by atoms with Crippen LogP contribution in [0.3, 0.4) is 0 Å². The van der Waals surface area contributed by atoms with Crippen molar-refractivity contribution < 1.29 is 21.6 Å². The summed E-state index contributed by atoms with van der Waals surface area (Å²) in [5, 5.41) is 8.11. The highest BCUT2D eigenvalue weighted by Gasteiger charge is 2.40. The number of aryl methyl sites for hydroxylation is 2. The van der Waals surface area contributed by atoms with Gasteiger partial charge in [0.05, 0.1) is 17.0 Å². The maximum atomic E-state index is 13.4. The first-order valence-corrected chi connectivity index (χ1v) is 13.4. The van der Waals surface area contributed by atoms with Crippen LogP contribution in [0.5, 0.6) is 0 Å². The van der Waals surface area contributed by atoms with Gasteiger partial charge >= 0.3 is 6.18 Å². The molecule has 0 bridgehead atoms. The monoisotopic (exact) mass is 546 g/mol. The number of aromatic nitrogens is 5. The van der Waals surface area contributed by atoms with E-state index < -0.39 is 32.2 Å². The summed E-state index contributed by atoms with van der Waals surface area (Å²) in [6.45, 7) is 4.31. The first-order chi connectivity index (χ1) is 17.9. The number of alkyl halides is 3. The number of fused-ring (bicyclic) bond motifs is 1. The van der Waals surface area contributed by atoms with Gasteiger partial charge in [-0.25, -0.2) is 18.1 Å². The number of aromatic amines is 1. The number of H-pyrrole nitrogens is 1. The van der Waals surface area contributed by atoms with E-state index >= 15 is 0 Å². The lowest BCUT2D eigenvalue weighted by atomic mass is 9.97. The molecule has 3 heterocycles. The van der Waals surface area contributed by atoms with E-state index in [0.717, 1.165) is 39.2 Å². The Kier molecular flexibility index (Phi) is 6.59. The van der Waals surface area contributed by atoms with E-state index in [1.807, 2.05) is 32.0 Å². The molecule has 1 aliphatic heterocycles. The predicted molar refractivity (Wildman–Crippen MR) is 133 cm³/mol. The number of hydrogen-bond acceptors (Lipinski definition) is 6. The van der Waals surface area contributed by atoms with Gasteiger partial charge in [0.15, 0.2) is 11.2 Å². The SMILES string of the molecule is Cc1ccc(C)c(Cn2nnc3c(=O)[nH]c(C4CCN(S(=O)(=O)c5ccccc5C(F)(F)F)CC4)nc32)c1. The molecule has 0 aliphatic carbocycles. The van der Waals surface area contributed by atoms with E-state index in [2.05, 4.69) is 20.3 Å². The van der Waals surface area contributed by atoms with Crippen molar-refractivity contribution >= 4 is 21.2 Å². The topological polar surface area (TPSA) is 114 Å². The highest BCUT2D eigenvalue weighted by atomic mass is 32.2. The third-order valence-corrected chi connectivity index (χ3v) is 8.82. The molecule has 0 spiro atoms. The highest BCUT2D eigenvalue weighted by molar-refractivity contribution is 7.89. The van der Waals surface area contributed by atoms with Crippen molar-refractivity contribution in [2.24, 2.45) is 0 Å². The third kappa shape index (κ3) is 4.83. The van der Waals surface area contributed by atoms with Crippen LogP contribution < -0.4 is 5.56 Å². The van der Waals surface area contributed by atoms with Gasteiger partial charge in [0.2, 0.25) is 10.0 Å². The van der Waals surface area contributed by atoms with Crippen LogP contribution in [0, 0.1) is 13.8 Å². The summed E-state index contributed by atoms with van der Waals surface area (Å²) in [5.74, 6) is 0.0835. The lowest BCUT2D eigenvalue weighted by molar-refractivity contribution is -0.139.